The van der Waals surface area contributed by atoms with E-state index >= 15 is 0 Å². The second-order valence-corrected chi connectivity index (χ2v) is 3.17. The van der Waals surface area contributed by atoms with Crippen molar-refractivity contribution in [2.75, 3.05) is 6.61 Å². The number of rotatable bonds is 4. The second-order valence-electron chi connectivity index (χ2n) is 3.17. The summed E-state index contributed by atoms with van der Waals surface area (Å²) in [5.41, 5.74) is 5.17. The van der Waals surface area contributed by atoms with Crippen molar-refractivity contribution < 1.29 is 19.6 Å². The molecular formula is C10H14N4O5. The van der Waals surface area contributed by atoms with E-state index in [0.29, 0.717) is 6.61 Å². The van der Waals surface area contributed by atoms with Crippen LogP contribution in [0.1, 0.15) is 19.4 Å². The van der Waals surface area contributed by atoms with Crippen molar-refractivity contribution in [2.45, 2.75) is 13.8 Å². The molecule has 0 aromatic carbocycles. The van der Waals surface area contributed by atoms with Gasteiger partial charge in [-0.1, -0.05) is 0 Å². The van der Waals surface area contributed by atoms with Gasteiger partial charge < -0.3 is 15.6 Å². The van der Waals surface area contributed by atoms with Gasteiger partial charge in [-0.15, -0.1) is 0 Å². The number of aromatic nitrogens is 1. The highest BCUT2D eigenvalue weighted by atomic mass is 16.6. The first-order chi connectivity index (χ1) is 8.79. The molecule has 0 unspecified atom stereocenters. The highest BCUT2D eigenvalue weighted by Gasteiger charge is 2.14. The number of hydrogen-bond acceptors (Lipinski definition) is 6. The second kappa shape index (κ2) is 7.58. The molecule has 4 N–H and O–H groups in total. The predicted molar refractivity (Wildman–Crippen MR) is 66.4 cm³/mol. The molecule has 0 atom stereocenters. The number of nitrogens with two attached hydrogens (primary N) is 1. The number of nitrogen functional groups attached to an aromatic ring is 1. The van der Waals surface area contributed by atoms with E-state index in [9.17, 15) is 10.1 Å². The summed E-state index contributed by atoms with van der Waals surface area (Å²) in [5, 5.41) is 25.1. The summed E-state index contributed by atoms with van der Waals surface area (Å²) in [6.07, 6.45) is 1.07. The molecule has 9 nitrogen and oxygen atoms in total. The summed E-state index contributed by atoms with van der Waals surface area (Å²) < 4.78 is 5.08. The normalized spacial score (nSPS) is 8.95. The maximum atomic E-state index is 10.5. The van der Waals surface area contributed by atoms with Gasteiger partial charge in [0.1, 0.15) is 12.0 Å². The lowest BCUT2D eigenvalue weighted by molar-refractivity contribution is -0.385. The van der Waals surface area contributed by atoms with Crippen LogP contribution < -0.4 is 10.5 Å². The van der Waals surface area contributed by atoms with Gasteiger partial charge in [0, 0.05) is 13.0 Å². The van der Waals surface area contributed by atoms with Crippen LogP contribution >= 0.6 is 0 Å². The number of hydrogen-bond donors (Lipinski definition) is 3. The lowest BCUT2D eigenvalue weighted by atomic mass is 10.2. The van der Waals surface area contributed by atoms with Crippen LogP contribution in [0.2, 0.25) is 0 Å². The van der Waals surface area contributed by atoms with Crippen molar-refractivity contribution in [1.29, 1.82) is 5.41 Å². The topological polar surface area (TPSA) is 152 Å². The number of nitrogens with one attached hydrogen (secondary N) is 1. The molecule has 0 saturated heterocycles. The van der Waals surface area contributed by atoms with Crippen LogP contribution in [0.15, 0.2) is 12.3 Å². The largest absolute Gasteiger partial charge is 0.481 e. The van der Waals surface area contributed by atoms with Crippen molar-refractivity contribution in [2.24, 2.45) is 5.73 Å². The fraction of sp³-hybridized carbons (Fsp3) is 0.300. The van der Waals surface area contributed by atoms with E-state index in [4.69, 9.17) is 25.8 Å². The highest BCUT2D eigenvalue weighted by molar-refractivity contribution is 5.97. The Morgan fingerprint density at radius 3 is 2.58 bits per heavy atom. The number of carboxylic acids is 1. The fourth-order valence-electron chi connectivity index (χ4n) is 0.986. The van der Waals surface area contributed by atoms with Crippen molar-refractivity contribution in [1.82, 2.24) is 4.98 Å². The quantitative estimate of drug-likeness (QED) is 0.316. The SMILES string of the molecule is CC(=O)O.CCOc1ncc([N+](=O)[O-])cc1C(=N)N. The molecule has 0 aliphatic rings. The molecule has 1 rings (SSSR count). The average Bonchev–Trinajstić information content (AvgIpc) is 2.28. The van der Waals surface area contributed by atoms with Gasteiger partial charge in [0.15, 0.2) is 0 Å². The maximum Gasteiger partial charge on any atom is 0.300 e. The van der Waals surface area contributed by atoms with E-state index < -0.39 is 10.9 Å². The number of carboxylic acid groups (broad SMARTS) is 1. The molecule has 9 heteroatoms. The van der Waals surface area contributed by atoms with Crippen LogP contribution in [0.25, 0.3) is 0 Å². The number of carbonyl (C=O) groups is 1. The minimum atomic E-state index is -0.833. The third kappa shape index (κ3) is 5.96. The molecule has 1 aromatic heterocycles. The molecule has 0 spiro atoms. The van der Waals surface area contributed by atoms with Gasteiger partial charge in [-0.05, 0) is 6.92 Å². The van der Waals surface area contributed by atoms with Crippen molar-refractivity contribution in [3.05, 3.63) is 27.9 Å². The predicted octanol–water partition coefficient (Wildman–Crippen LogP) is 0.763. The van der Waals surface area contributed by atoms with E-state index in [1.54, 1.807) is 6.92 Å². The molecule has 1 heterocycles. The molecule has 0 aliphatic carbocycles. The van der Waals surface area contributed by atoms with Gasteiger partial charge in [-0.2, -0.15) is 0 Å². The van der Waals surface area contributed by atoms with Crippen LogP contribution in [0, 0.1) is 15.5 Å². The lowest BCUT2D eigenvalue weighted by Gasteiger charge is -2.06. The van der Waals surface area contributed by atoms with Gasteiger partial charge in [0.25, 0.3) is 11.7 Å². The summed E-state index contributed by atoms with van der Waals surface area (Å²) in [7, 11) is 0. The van der Waals surface area contributed by atoms with Gasteiger partial charge in [-0.3, -0.25) is 20.3 Å². The van der Waals surface area contributed by atoms with Gasteiger partial charge in [0.05, 0.1) is 17.1 Å². The highest BCUT2D eigenvalue weighted by Crippen LogP contribution is 2.20. The summed E-state index contributed by atoms with van der Waals surface area (Å²) in [6, 6.07) is 1.17. The molecule has 1 aromatic rings. The lowest BCUT2D eigenvalue weighted by Crippen LogP contribution is -2.14. The van der Waals surface area contributed by atoms with E-state index in [2.05, 4.69) is 4.98 Å². The third-order valence-electron chi connectivity index (χ3n) is 1.62. The average molecular weight is 270 g/mol. The van der Waals surface area contributed by atoms with Crippen molar-refractivity contribution in [3.8, 4) is 5.88 Å². The van der Waals surface area contributed by atoms with Gasteiger partial charge in [-0.25, -0.2) is 4.98 Å². The summed E-state index contributed by atoms with van der Waals surface area (Å²) in [5.74, 6) is -1.01. The Hall–Kier alpha value is -2.71. The van der Waals surface area contributed by atoms with E-state index in [-0.39, 0.29) is 23.0 Å². The third-order valence-corrected chi connectivity index (χ3v) is 1.62. The Kier molecular flexibility index (Phi) is 6.50. The summed E-state index contributed by atoms with van der Waals surface area (Å²) in [6.45, 7) is 3.18. The number of pyridine rings is 1. The number of ether oxygens (including phenoxy) is 1. The Labute approximate surface area is 108 Å². The van der Waals surface area contributed by atoms with Crippen LogP contribution in [0.5, 0.6) is 5.88 Å². The van der Waals surface area contributed by atoms with Gasteiger partial charge >= 0.3 is 0 Å². The zero-order valence-corrected chi connectivity index (χ0v) is 10.4. The fourth-order valence-corrected chi connectivity index (χ4v) is 0.986. The first-order valence-corrected chi connectivity index (χ1v) is 5.10. The standard InChI is InChI=1S/C8H10N4O3.C2H4O2/c1-2-15-8-6(7(9)10)3-5(4-11-8)12(13)14;1-2(3)4/h3-4H,2H2,1H3,(H3,9,10);1H3,(H,3,4). The first-order valence-electron chi connectivity index (χ1n) is 5.10. The number of nitrogens with zero attached hydrogens (tertiary/aromatic N) is 2. The molecular weight excluding hydrogens is 256 g/mol. The Bertz CT molecular complexity index is 485. The molecule has 104 valence electrons. The molecule has 0 amide bonds. The minimum Gasteiger partial charge on any atom is -0.481 e. The molecule has 0 saturated carbocycles. The smallest absolute Gasteiger partial charge is 0.300 e. The van der Waals surface area contributed by atoms with Crippen LogP contribution in [-0.2, 0) is 4.79 Å². The molecule has 0 fully saturated rings. The monoisotopic (exact) mass is 270 g/mol. The van der Waals surface area contributed by atoms with E-state index in [1.165, 1.54) is 6.07 Å². The Balaban J connectivity index is 0.000000711. The van der Waals surface area contributed by atoms with Crippen molar-refractivity contribution in [3.63, 3.8) is 0 Å². The number of nitro groups is 1. The Morgan fingerprint density at radius 1 is 1.68 bits per heavy atom. The first kappa shape index (κ1) is 16.3. The molecule has 0 bridgehead atoms. The van der Waals surface area contributed by atoms with Crippen molar-refractivity contribution >= 4 is 17.5 Å². The van der Waals surface area contributed by atoms with E-state index in [1.807, 2.05) is 0 Å². The minimum absolute atomic E-state index is 0.131. The number of amidine groups is 1. The van der Waals surface area contributed by atoms with Crippen LogP contribution in [0.3, 0.4) is 0 Å². The Morgan fingerprint density at radius 2 is 2.21 bits per heavy atom. The zero-order valence-electron chi connectivity index (χ0n) is 10.4. The number of aliphatic carboxylic acids is 1. The van der Waals surface area contributed by atoms with Crippen LogP contribution in [0.4, 0.5) is 5.69 Å². The van der Waals surface area contributed by atoms with Gasteiger partial charge in [0.2, 0.25) is 5.88 Å². The van der Waals surface area contributed by atoms with Crippen LogP contribution in [-0.4, -0.2) is 33.4 Å². The molecule has 19 heavy (non-hydrogen) atoms. The zero-order chi connectivity index (χ0) is 15.0. The summed E-state index contributed by atoms with van der Waals surface area (Å²) >= 11 is 0. The molecule has 0 aliphatic heterocycles. The maximum absolute atomic E-state index is 10.5. The van der Waals surface area contributed by atoms with E-state index in [0.717, 1.165) is 13.1 Å². The summed E-state index contributed by atoms with van der Waals surface area (Å²) in [4.78, 5) is 22.6. The molecule has 0 radical (unpaired) electrons.